The highest BCUT2D eigenvalue weighted by Crippen LogP contribution is 2.04. The zero-order valence-corrected chi connectivity index (χ0v) is 9.27. The highest BCUT2D eigenvalue weighted by Gasteiger charge is 2.14. The van der Waals surface area contributed by atoms with Crippen LogP contribution in [-0.4, -0.2) is 23.5 Å². The molecule has 0 bridgehead atoms. The van der Waals surface area contributed by atoms with Crippen LogP contribution in [0.2, 0.25) is 0 Å². The van der Waals surface area contributed by atoms with Gasteiger partial charge < -0.3 is 9.51 Å². The molecule has 0 fully saturated rings. The van der Waals surface area contributed by atoms with Crippen molar-refractivity contribution in [1.82, 2.24) is 19.8 Å². The van der Waals surface area contributed by atoms with Gasteiger partial charge in [0.15, 0.2) is 5.82 Å². The Morgan fingerprint density at radius 2 is 2.24 bits per heavy atom. The van der Waals surface area contributed by atoms with Gasteiger partial charge >= 0.3 is 0 Å². The summed E-state index contributed by atoms with van der Waals surface area (Å²) >= 11 is 0. The normalized spacial score (nSPS) is 11.5. The predicted molar refractivity (Wildman–Crippen MR) is 55.4 cm³/mol. The Labute approximate surface area is 95.7 Å². The van der Waals surface area contributed by atoms with Gasteiger partial charge in [-0.05, 0) is 6.07 Å². The van der Waals surface area contributed by atoms with Gasteiger partial charge in [-0.25, -0.2) is 13.1 Å². The molecule has 0 atom stereocenters. The first-order valence-corrected chi connectivity index (χ1v) is 6.00. The lowest BCUT2D eigenvalue weighted by atomic mass is 10.5. The standard InChI is InChI=1S/C8H8N4O4S/c13-8-2-1-6(3-9-8)17(14,15)11-4-7-10-5-16-12-7/h1-3,5,11H,4H2,(H,9,13). The minimum Gasteiger partial charge on any atom is -0.343 e. The Morgan fingerprint density at radius 3 is 2.82 bits per heavy atom. The first-order chi connectivity index (χ1) is 8.08. The molecule has 2 N–H and O–H groups in total. The summed E-state index contributed by atoms with van der Waals surface area (Å²) < 4.78 is 30.2. The van der Waals surface area contributed by atoms with E-state index in [2.05, 4.69) is 24.4 Å². The van der Waals surface area contributed by atoms with Crippen LogP contribution in [0.1, 0.15) is 5.82 Å². The van der Waals surface area contributed by atoms with Crippen LogP contribution in [0.3, 0.4) is 0 Å². The van der Waals surface area contributed by atoms with E-state index >= 15 is 0 Å². The van der Waals surface area contributed by atoms with E-state index in [-0.39, 0.29) is 22.8 Å². The highest BCUT2D eigenvalue weighted by atomic mass is 32.2. The van der Waals surface area contributed by atoms with E-state index in [1.165, 1.54) is 6.07 Å². The molecule has 0 saturated heterocycles. The van der Waals surface area contributed by atoms with Crippen molar-refractivity contribution in [2.24, 2.45) is 0 Å². The van der Waals surface area contributed by atoms with E-state index in [4.69, 9.17) is 0 Å². The Bertz CT molecular complexity index is 626. The number of pyridine rings is 1. The van der Waals surface area contributed by atoms with Gasteiger partial charge in [0.1, 0.15) is 0 Å². The number of hydrogen-bond donors (Lipinski definition) is 2. The van der Waals surface area contributed by atoms with Gasteiger partial charge in [-0.2, -0.15) is 4.98 Å². The van der Waals surface area contributed by atoms with Crippen LogP contribution in [0.15, 0.2) is 38.9 Å². The molecule has 9 heteroatoms. The van der Waals surface area contributed by atoms with E-state index in [9.17, 15) is 13.2 Å². The molecule has 0 saturated carbocycles. The van der Waals surface area contributed by atoms with Crippen molar-refractivity contribution in [3.05, 3.63) is 40.9 Å². The largest absolute Gasteiger partial charge is 0.343 e. The third-order valence-electron chi connectivity index (χ3n) is 1.89. The van der Waals surface area contributed by atoms with E-state index < -0.39 is 10.0 Å². The molecule has 2 rings (SSSR count). The molecule has 0 unspecified atom stereocenters. The molecule has 90 valence electrons. The van der Waals surface area contributed by atoms with Crippen LogP contribution < -0.4 is 10.3 Å². The van der Waals surface area contributed by atoms with Gasteiger partial charge in [-0.15, -0.1) is 0 Å². The van der Waals surface area contributed by atoms with Crippen LogP contribution >= 0.6 is 0 Å². The number of aromatic amines is 1. The van der Waals surface area contributed by atoms with Gasteiger partial charge in [-0.3, -0.25) is 4.79 Å². The summed E-state index contributed by atoms with van der Waals surface area (Å²) in [5.41, 5.74) is -0.373. The average Bonchev–Trinajstić information content (AvgIpc) is 2.80. The second kappa shape index (κ2) is 4.47. The molecule has 2 heterocycles. The summed E-state index contributed by atoms with van der Waals surface area (Å²) in [7, 11) is -3.69. The molecule has 0 aromatic carbocycles. The van der Waals surface area contributed by atoms with Gasteiger partial charge in [0.2, 0.25) is 22.0 Å². The third-order valence-corrected chi connectivity index (χ3v) is 3.29. The fourth-order valence-electron chi connectivity index (χ4n) is 1.08. The molecular formula is C8H8N4O4S. The lowest BCUT2D eigenvalue weighted by molar-refractivity contribution is 0.409. The molecule has 2 aromatic rings. The molecule has 2 aromatic heterocycles. The molecular weight excluding hydrogens is 248 g/mol. The number of hydrogen-bond acceptors (Lipinski definition) is 6. The van der Waals surface area contributed by atoms with Gasteiger partial charge in [0, 0.05) is 12.3 Å². The van der Waals surface area contributed by atoms with E-state index in [1.54, 1.807) is 0 Å². The summed E-state index contributed by atoms with van der Waals surface area (Å²) in [6, 6.07) is 2.33. The maximum Gasteiger partial charge on any atom is 0.247 e. The smallest absolute Gasteiger partial charge is 0.247 e. The van der Waals surface area contributed by atoms with Crippen LogP contribution in [0, 0.1) is 0 Å². The topological polar surface area (TPSA) is 118 Å². The van der Waals surface area contributed by atoms with Crippen LogP contribution in [-0.2, 0) is 16.6 Å². The van der Waals surface area contributed by atoms with Crippen molar-refractivity contribution >= 4 is 10.0 Å². The Hall–Kier alpha value is -2.00. The summed E-state index contributed by atoms with van der Waals surface area (Å²) in [6.07, 6.45) is 2.21. The predicted octanol–water partition coefficient (Wildman–Crippen LogP) is -0.764. The van der Waals surface area contributed by atoms with Crippen LogP contribution in [0.4, 0.5) is 0 Å². The van der Waals surface area contributed by atoms with Gasteiger partial charge in [-0.1, -0.05) is 5.16 Å². The number of aromatic nitrogens is 3. The fraction of sp³-hybridized carbons (Fsp3) is 0.125. The monoisotopic (exact) mass is 256 g/mol. The molecule has 0 amide bonds. The van der Waals surface area contributed by atoms with E-state index in [0.717, 1.165) is 18.7 Å². The molecule has 17 heavy (non-hydrogen) atoms. The van der Waals surface area contributed by atoms with Crippen molar-refractivity contribution in [2.45, 2.75) is 11.4 Å². The minimum absolute atomic E-state index is 0.0411. The number of rotatable bonds is 4. The zero-order valence-electron chi connectivity index (χ0n) is 8.45. The fourth-order valence-corrected chi connectivity index (χ4v) is 2.02. The van der Waals surface area contributed by atoms with Crippen molar-refractivity contribution in [3.8, 4) is 0 Å². The van der Waals surface area contributed by atoms with Gasteiger partial charge in [0.25, 0.3) is 0 Å². The first-order valence-electron chi connectivity index (χ1n) is 4.51. The number of H-pyrrole nitrogens is 1. The summed E-state index contributed by atoms with van der Waals surface area (Å²) in [5, 5.41) is 3.46. The molecule has 0 spiro atoms. The Kier molecular flexibility index (Phi) is 3.02. The third kappa shape index (κ3) is 2.77. The zero-order chi connectivity index (χ0) is 12.3. The number of nitrogens with zero attached hydrogens (tertiary/aromatic N) is 2. The van der Waals surface area contributed by atoms with Crippen molar-refractivity contribution in [1.29, 1.82) is 0 Å². The SMILES string of the molecule is O=c1ccc(S(=O)(=O)NCc2ncon2)c[nH]1. The van der Waals surface area contributed by atoms with E-state index in [1.807, 2.05) is 0 Å². The maximum absolute atomic E-state index is 11.7. The van der Waals surface area contributed by atoms with E-state index in [0.29, 0.717) is 0 Å². The summed E-state index contributed by atoms with van der Waals surface area (Å²) in [5.74, 6) is 0.220. The van der Waals surface area contributed by atoms with Crippen molar-refractivity contribution in [2.75, 3.05) is 0 Å². The summed E-state index contributed by atoms with van der Waals surface area (Å²) in [4.78, 5) is 16.7. The second-order valence-electron chi connectivity index (χ2n) is 3.06. The summed E-state index contributed by atoms with van der Waals surface area (Å²) in [6.45, 7) is -0.0854. The van der Waals surface area contributed by atoms with Crippen LogP contribution in [0.5, 0.6) is 0 Å². The lowest BCUT2D eigenvalue weighted by Gasteiger charge is -2.03. The van der Waals surface area contributed by atoms with Gasteiger partial charge in [0.05, 0.1) is 11.4 Å². The molecule has 0 aliphatic heterocycles. The second-order valence-corrected chi connectivity index (χ2v) is 4.83. The van der Waals surface area contributed by atoms with Crippen LogP contribution in [0.25, 0.3) is 0 Å². The number of nitrogens with one attached hydrogen (secondary N) is 2. The highest BCUT2D eigenvalue weighted by molar-refractivity contribution is 7.89. The molecule has 8 nitrogen and oxygen atoms in total. The van der Waals surface area contributed by atoms with Crippen molar-refractivity contribution < 1.29 is 12.9 Å². The molecule has 0 aliphatic carbocycles. The molecule has 0 radical (unpaired) electrons. The van der Waals surface area contributed by atoms with Crippen molar-refractivity contribution in [3.63, 3.8) is 0 Å². The Morgan fingerprint density at radius 1 is 1.41 bits per heavy atom. The maximum atomic E-state index is 11.7. The average molecular weight is 256 g/mol. The first kappa shape index (κ1) is 11.5. The minimum atomic E-state index is -3.69. The lowest BCUT2D eigenvalue weighted by Crippen LogP contribution is -2.24. The Balaban J connectivity index is 2.14. The quantitative estimate of drug-likeness (QED) is 0.742. The number of sulfonamides is 1. The molecule has 0 aliphatic rings.